The van der Waals surface area contributed by atoms with Crippen molar-refractivity contribution in [2.45, 2.75) is 32.4 Å². The van der Waals surface area contributed by atoms with Gasteiger partial charge in [0, 0.05) is 12.6 Å². The van der Waals surface area contributed by atoms with Gasteiger partial charge in [0.05, 0.1) is 6.42 Å². The van der Waals surface area contributed by atoms with Gasteiger partial charge in [0.1, 0.15) is 6.04 Å². The lowest BCUT2D eigenvalue weighted by molar-refractivity contribution is -0.145. The van der Waals surface area contributed by atoms with Crippen LogP contribution in [0.15, 0.2) is 0 Å². The predicted molar refractivity (Wildman–Crippen MR) is 72.5 cm³/mol. The van der Waals surface area contributed by atoms with E-state index in [1.807, 2.05) is 32.8 Å². The van der Waals surface area contributed by atoms with Crippen molar-refractivity contribution in [2.24, 2.45) is 5.92 Å². The predicted octanol–water partition coefficient (Wildman–Crippen LogP) is -0.200. The van der Waals surface area contributed by atoms with Crippen LogP contribution in [0.5, 0.6) is 0 Å². The fourth-order valence-corrected chi connectivity index (χ4v) is 1.56. The molecule has 0 aromatic carbocycles. The summed E-state index contributed by atoms with van der Waals surface area (Å²) in [6.07, 6.45) is -0.664. The van der Waals surface area contributed by atoms with Crippen molar-refractivity contribution in [3.8, 4) is 0 Å². The summed E-state index contributed by atoms with van der Waals surface area (Å²) in [5.74, 6) is -2.51. The second-order valence-electron chi connectivity index (χ2n) is 5.22. The number of carbonyl (C=O) groups excluding carboxylic acids is 1. The van der Waals surface area contributed by atoms with Crippen LogP contribution in [0.2, 0.25) is 0 Å². The largest absolute Gasteiger partial charge is 0.481 e. The highest BCUT2D eigenvalue weighted by Gasteiger charge is 2.24. The van der Waals surface area contributed by atoms with E-state index in [1.165, 1.54) is 0 Å². The van der Waals surface area contributed by atoms with Gasteiger partial charge in [-0.1, -0.05) is 13.8 Å². The van der Waals surface area contributed by atoms with E-state index in [9.17, 15) is 14.4 Å². The van der Waals surface area contributed by atoms with Crippen molar-refractivity contribution < 1.29 is 24.6 Å². The van der Waals surface area contributed by atoms with E-state index < -0.39 is 30.4 Å². The first-order valence-electron chi connectivity index (χ1n) is 6.29. The van der Waals surface area contributed by atoms with E-state index in [1.54, 1.807) is 0 Å². The topological polar surface area (TPSA) is 119 Å². The zero-order valence-electron chi connectivity index (χ0n) is 12.2. The highest BCUT2D eigenvalue weighted by atomic mass is 16.4. The standard InChI is InChI=1S/C12H23N3O5/c1-7(2)9(6-15(3)4)14-12(20)13-8(11(18)19)5-10(16)17/h7-9H,5-6H2,1-4H3,(H,16,17)(H,18,19)(H2,13,14,20)/t8-,9?/m0/s1. The lowest BCUT2D eigenvalue weighted by atomic mass is 10.0. The molecule has 0 radical (unpaired) electrons. The van der Waals surface area contributed by atoms with Crippen LogP contribution in [0.4, 0.5) is 4.79 Å². The molecule has 8 nitrogen and oxygen atoms in total. The zero-order chi connectivity index (χ0) is 15.9. The number of amides is 2. The van der Waals surface area contributed by atoms with E-state index in [0.29, 0.717) is 6.54 Å². The van der Waals surface area contributed by atoms with Crippen LogP contribution in [-0.4, -0.2) is 65.8 Å². The number of rotatable bonds is 8. The van der Waals surface area contributed by atoms with Gasteiger partial charge in [-0.15, -0.1) is 0 Å². The second kappa shape index (κ2) is 8.36. The van der Waals surface area contributed by atoms with Crippen molar-refractivity contribution in [2.75, 3.05) is 20.6 Å². The Morgan fingerprint density at radius 3 is 2.00 bits per heavy atom. The molecule has 0 bridgehead atoms. The van der Waals surface area contributed by atoms with Crippen LogP contribution in [0.25, 0.3) is 0 Å². The van der Waals surface area contributed by atoms with Crippen molar-refractivity contribution in [3.63, 3.8) is 0 Å². The summed E-state index contributed by atoms with van der Waals surface area (Å²) in [6, 6.07) is -2.29. The SMILES string of the molecule is CC(C)C(CN(C)C)NC(=O)N[C@@H](CC(=O)O)C(=O)O. The molecule has 0 aliphatic carbocycles. The highest BCUT2D eigenvalue weighted by Crippen LogP contribution is 2.03. The number of aliphatic carboxylic acids is 2. The smallest absolute Gasteiger partial charge is 0.326 e. The number of carboxylic acids is 2. The molecule has 4 N–H and O–H groups in total. The maximum atomic E-state index is 11.7. The Bertz CT molecular complexity index is 357. The van der Waals surface area contributed by atoms with E-state index in [2.05, 4.69) is 10.6 Å². The van der Waals surface area contributed by atoms with Crippen molar-refractivity contribution in [1.29, 1.82) is 0 Å². The fourth-order valence-electron chi connectivity index (χ4n) is 1.56. The minimum atomic E-state index is -1.44. The van der Waals surface area contributed by atoms with Crippen LogP contribution in [0.3, 0.4) is 0 Å². The molecule has 0 fully saturated rings. The summed E-state index contributed by atoms with van der Waals surface area (Å²) in [7, 11) is 3.72. The molecule has 0 saturated carbocycles. The Labute approximate surface area is 118 Å². The number of carbonyl (C=O) groups is 3. The summed E-state index contributed by atoms with van der Waals surface area (Å²) in [6.45, 7) is 4.46. The zero-order valence-corrected chi connectivity index (χ0v) is 12.2. The monoisotopic (exact) mass is 289 g/mol. The highest BCUT2D eigenvalue weighted by molar-refractivity contribution is 5.86. The van der Waals surface area contributed by atoms with E-state index in [4.69, 9.17) is 10.2 Å². The summed E-state index contributed by atoms with van der Waals surface area (Å²) in [5.41, 5.74) is 0. The lowest BCUT2D eigenvalue weighted by Gasteiger charge is -2.26. The number of urea groups is 1. The van der Waals surface area contributed by atoms with Crippen molar-refractivity contribution in [1.82, 2.24) is 15.5 Å². The van der Waals surface area contributed by atoms with E-state index in [0.717, 1.165) is 0 Å². The molecule has 116 valence electrons. The van der Waals surface area contributed by atoms with Crippen molar-refractivity contribution in [3.05, 3.63) is 0 Å². The third kappa shape index (κ3) is 7.57. The molecule has 0 spiro atoms. The van der Waals surface area contributed by atoms with E-state index in [-0.39, 0.29) is 12.0 Å². The van der Waals surface area contributed by atoms with Gasteiger partial charge in [0.2, 0.25) is 0 Å². The van der Waals surface area contributed by atoms with Crippen LogP contribution in [0, 0.1) is 5.92 Å². The van der Waals surface area contributed by atoms with Gasteiger partial charge in [-0.3, -0.25) is 4.79 Å². The molecule has 0 aliphatic heterocycles. The molecular formula is C12H23N3O5. The van der Waals surface area contributed by atoms with Crippen molar-refractivity contribution >= 4 is 18.0 Å². The Balaban J connectivity index is 4.56. The summed E-state index contributed by atoms with van der Waals surface area (Å²) >= 11 is 0. The Morgan fingerprint density at radius 2 is 1.65 bits per heavy atom. The van der Waals surface area contributed by atoms with Gasteiger partial charge >= 0.3 is 18.0 Å². The fraction of sp³-hybridized carbons (Fsp3) is 0.750. The molecular weight excluding hydrogens is 266 g/mol. The number of nitrogens with zero attached hydrogens (tertiary/aromatic N) is 1. The number of hydrogen-bond acceptors (Lipinski definition) is 4. The number of carboxylic acid groups (broad SMARTS) is 2. The van der Waals surface area contributed by atoms with Crippen LogP contribution < -0.4 is 10.6 Å². The first-order valence-corrected chi connectivity index (χ1v) is 6.29. The normalized spacial score (nSPS) is 13.9. The number of likely N-dealkylation sites (N-methyl/N-ethyl adjacent to an activating group) is 1. The molecule has 0 aromatic rings. The molecule has 20 heavy (non-hydrogen) atoms. The molecule has 0 heterocycles. The van der Waals surface area contributed by atoms with Gasteiger partial charge in [-0.25, -0.2) is 9.59 Å². The molecule has 8 heteroatoms. The molecule has 1 unspecified atom stereocenters. The molecule has 0 rings (SSSR count). The van der Waals surface area contributed by atoms with Crippen LogP contribution >= 0.6 is 0 Å². The van der Waals surface area contributed by atoms with Gasteiger partial charge in [0.25, 0.3) is 0 Å². The molecule has 0 aliphatic rings. The average Bonchev–Trinajstić information content (AvgIpc) is 2.25. The first-order chi connectivity index (χ1) is 9.13. The third-order valence-electron chi connectivity index (χ3n) is 2.67. The Kier molecular flexibility index (Phi) is 7.60. The van der Waals surface area contributed by atoms with Gasteiger partial charge in [-0.05, 0) is 20.0 Å². The second-order valence-corrected chi connectivity index (χ2v) is 5.22. The lowest BCUT2D eigenvalue weighted by Crippen LogP contribution is -2.53. The van der Waals surface area contributed by atoms with Gasteiger partial charge in [-0.2, -0.15) is 0 Å². The number of hydrogen-bond donors (Lipinski definition) is 4. The summed E-state index contributed by atoms with van der Waals surface area (Å²) in [5, 5.41) is 22.3. The third-order valence-corrected chi connectivity index (χ3v) is 2.67. The van der Waals surface area contributed by atoms with E-state index >= 15 is 0 Å². The maximum absolute atomic E-state index is 11.7. The van der Waals surface area contributed by atoms with Gasteiger partial charge in [0.15, 0.2) is 0 Å². The van der Waals surface area contributed by atoms with Gasteiger partial charge < -0.3 is 25.7 Å². The molecule has 2 atom stereocenters. The Hall–Kier alpha value is -1.83. The average molecular weight is 289 g/mol. The van der Waals surface area contributed by atoms with Crippen LogP contribution in [0.1, 0.15) is 20.3 Å². The minimum absolute atomic E-state index is 0.158. The molecule has 2 amide bonds. The minimum Gasteiger partial charge on any atom is -0.481 e. The summed E-state index contributed by atoms with van der Waals surface area (Å²) < 4.78 is 0. The number of nitrogens with one attached hydrogen (secondary N) is 2. The summed E-state index contributed by atoms with van der Waals surface area (Å²) in [4.78, 5) is 35.0. The van der Waals surface area contributed by atoms with Crippen LogP contribution in [-0.2, 0) is 9.59 Å². The molecule has 0 saturated heterocycles. The quantitative estimate of drug-likeness (QED) is 0.491. The maximum Gasteiger partial charge on any atom is 0.326 e. The molecule has 0 aromatic heterocycles. The Morgan fingerprint density at radius 1 is 1.10 bits per heavy atom. The first kappa shape index (κ1) is 18.2.